The Morgan fingerprint density at radius 2 is 0.833 bits per heavy atom. The van der Waals surface area contributed by atoms with E-state index in [9.17, 15) is 0 Å². The first-order chi connectivity index (χ1) is 2.00. The van der Waals surface area contributed by atoms with Crippen molar-refractivity contribution in [2.24, 2.45) is 0 Å². The molecule has 0 rings (SSSR count). The average molecular weight is 226 g/mol. The molecule has 0 aromatic heterocycles. The molecule has 0 aromatic rings. The number of hydrogen-bond acceptors (Lipinski definition) is 4. The van der Waals surface area contributed by atoms with Crippen molar-refractivity contribution < 1.29 is 33.8 Å². The van der Waals surface area contributed by atoms with Gasteiger partial charge in [0.15, 0.2) is 0 Å². The Labute approximate surface area is 44.1 Å². The van der Waals surface area contributed by atoms with E-state index in [0.29, 0.717) is 0 Å². The summed E-state index contributed by atoms with van der Waals surface area (Å²) in [7, 11) is 0. The molecule has 40 valence electrons. The topological polar surface area (TPSA) is 92.2 Å². The summed E-state index contributed by atoms with van der Waals surface area (Å²) < 4.78 is 34.5. The Morgan fingerprint density at radius 3 is 0.833 bits per heavy atom. The lowest BCUT2D eigenvalue weighted by molar-refractivity contribution is -2.00. The SMILES string of the molecule is [O-][I+3]([O-])([O-])[O-].[PH4+]. The monoisotopic (exact) mass is 226 g/mol. The van der Waals surface area contributed by atoms with Gasteiger partial charge in [-0.2, -0.15) is 0 Å². The van der Waals surface area contributed by atoms with Crippen molar-refractivity contribution in [1.82, 2.24) is 0 Å². The second-order valence-electron chi connectivity index (χ2n) is 0.378. The maximum atomic E-state index is 8.62. The molecule has 4 nitrogen and oxygen atoms in total. The van der Waals surface area contributed by atoms with Gasteiger partial charge in [0.05, 0.1) is 0 Å². The molecule has 1 atom stereocenters. The van der Waals surface area contributed by atoms with E-state index in [4.69, 9.17) is 13.7 Å². The van der Waals surface area contributed by atoms with Crippen LogP contribution in [0.1, 0.15) is 0 Å². The molecule has 0 aliphatic carbocycles. The van der Waals surface area contributed by atoms with Gasteiger partial charge in [0.2, 0.25) is 0 Å². The summed E-state index contributed by atoms with van der Waals surface area (Å²) in [5.41, 5.74) is 0. The van der Waals surface area contributed by atoms with E-state index in [1.165, 1.54) is 0 Å². The van der Waals surface area contributed by atoms with Gasteiger partial charge in [-0.1, -0.05) is 0 Å². The quantitative estimate of drug-likeness (QED) is 0.303. The average Bonchev–Trinajstić information content (AvgIpc) is 0.722. The fourth-order valence-corrected chi connectivity index (χ4v) is 0. The van der Waals surface area contributed by atoms with Gasteiger partial charge in [-0.3, -0.25) is 13.7 Å². The molecule has 0 heterocycles. The normalized spacial score (nSPS) is 10.0. The molecule has 0 bridgehead atoms. The van der Waals surface area contributed by atoms with Crippen LogP contribution in [0.25, 0.3) is 0 Å². The molecular weight excluding hydrogens is 222 g/mol. The molecule has 1 unspecified atom stereocenters. The number of halogens is 1. The van der Waals surface area contributed by atoms with Gasteiger partial charge in [-0.05, 0) is 9.90 Å². The second kappa shape index (κ2) is 3.06. The standard InChI is InChI=1S/IO4.H3P/c2-1(3,4)5;/h;1H3/q-1;/p+1. The highest BCUT2D eigenvalue weighted by Gasteiger charge is 1.94. The predicted octanol–water partition coefficient (Wildman–Crippen LogP) is -7.96. The van der Waals surface area contributed by atoms with Crippen molar-refractivity contribution in [3.05, 3.63) is 0 Å². The first-order valence-corrected chi connectivity index (χ1v) is 4.14. The minimum absolute atomic E-state index is 0. The van der Waals surface area contributed by atoms with Gasteiger partial charge < -0.3 is 0 Å². The summed E-state index contributed by atoms with van der Waals surface area (Å²) >= 11 is -5.94. The summed E-state index contributed by atoms with van der Waals surface area (Å²) in [4.78, 5) is 0. The highest BCUT2D eigenvalue weighted by atomic mass is 127. The first-order valence-electron chi connectivity index (χ1n) is 0.617. The zero-order chi connectivity index (χ0) is 4.50. The molecule has 6 heavy (non-hydrogen) atoms. The summed E-state index contributed by atoms with van der Waals surface area (Å²) in [5, 5.41) is 0. The maximum absolute atomic E-state index is 8.62. The molecule has 0 aromatic carbocycles. The van der Waals surface area contributed by atoms with E-state index in [2.05, 4.69) is 0 Å². The van der Waals surface area contributed by atoms with E-state index in [1.807, 2.05) is 0 Å². The van der Waals surface area contributed by atoms with Crippen LogP contribution in [0.4, 0.5) is 0 Å². The molecule has 0 saturated carbocycles. The van der Waals surface area contributed by atoms with Gasteiger partial charge in [-0.25, -0.2) is 0 Å². The van der Waals surface area contributed by atoms with Crippen molar-refractivity contribution in [2.45, 2.75) is 0 Å². The van der Waals surface area contributed by atoms with Crippen molar-refractivity contribution in [2.75, 3.05) is 0 Å². The Morgan fingerprint density at radius 1 is 0.833 bits per heavy atom. The first kappa shape index (κ1) is 10.1. The summed E-state index contributed by atoms with van der Waals surface area (Å²) in [5.74, 6) is 0. The van der Waals surface area contributed by atoms with Crippen LogP contribution in [0.5, 0.6) is 0 Å². The highest BCUT2D eigenvalue weighted by Crippen LogP contribution is 0.861. The Kier molecular flexibility index (Phi) is 5.14. The molecule has 0 aliphatic heterocycles. The van der Waals surface area contributed by atoms with E-state index in [0.717, 1.165) is 0 Å². The Balaban J connectivity index is 0. The molecule has 0 saturated heterocycles. The fourth-order valence-electron chi connectivity index (χ4n) is 0. The third kappa shape index (κ3) is 80.0. The Hall–Kier alpha value is 1.000. The van der Waals surface area contributed by atoms with Crippen molar-refractivity contribution in [3.63, 3.8) is 0 Å². The van der Waals surface area contributed by atoms with E-state index < -0.39 is 20.1 Å². The minimum atomic E-state index is -5.94. The van der Waals surface area contributed by atoms with Gasteiger partial charge in [0.1, 0.15) is 20.1 Å². The van der Waals surface area contributed by atoms with Crippen LogP contribution in [0.15, 0.2) is 0 Å². The van der Waals surface area contributed by atoms with Crippen LogP contribution >= 0.6 is 9.90 Å². The molecule has 0 radical (unpaired) electrons. The Bertz CT molecular complexity index is 23.0. The van der Waals surface area contributed by atoms with Gasteiger partial charge >= 0.3 is 0 Å². The van der Waals surface area contributed by atoms with Crippen LogP contribution in [0, 0.1) is 0 Å². The molecule has 0 N–H and O–H groups in total. The van der Waals surface area contributed by atoms with Crippen molar-refractivity contribution >= 4 is 9.90 Å². The summed E-state index contributed by atoms with van der Waals surface area (Å²) in [6, 6.07) is 0. The molecule has 6 heteroatoms. The summed E-state index contributed by atoms with van der Waals surface area (Å²) in [6.07, 6.45) is 0. The zero-order valence-electron chi connectivity index (χ0n) is 3.01. The second-order valence-corrected chi connectivity index (χ2v) is 2.54. The van der Waals surface area contributed by atoms with E-state index in [1.54, 1.807) is 0 Å². The molecule has 0 spiro atoms. The predicted molar refractivity (Wildman–Crippen MR) is 12.5 cm³/mol. The van der Waals surface area contributed by atoms with Crippen LogP contribution in [-0.2, 0) is 0 Å². The van der Waals surface area contributed by atoms with E-state index >= 15 is 0 Å². The molecule has 0 fully saturated rings. The van der Waals surface area contributed by atoms with Crippen molar-refractivity contribution in [1.29, 1.82) is 0 Å². The van der Waals surface area contributed by atoms with Gasteiger partial charge in [0, 0.05) is 0 Å². The third-order valence-electron chi connectivity index (χ3n) is 0. The van der Waals surface area contributed by atoms with Crippen LogP contribution in [-0.4, -0.2) is 0 Å². The zero-order valence-corrected chi connectivity index (χ0v) is 7.17. The van der Waals surface area contributed by atoms with Crippen LogP contribution < -0.4 is 33.8 Å². The van der Waals surface area contributed by atoms with Crippen molar-refractivity contribution in [3.8, 4) is 0 Å². The number of rotatable bonds is 0. The van der Waals surface area contributed by atoms with Crippen LogP contribution in [0.3, 0.4) is 0 Å². The lowest BCUT2D eigenvalue weighted by atomic mass is 16.0. The van der Waals surface area contributed by atoms with Crippen LogP contribution in [0.2, 0.25) is 0 Å². The van der Waals surface area contributed by atoms with Gasteiger partial charge in [0.25, 0.3) is 0 Å². The van der Waals surface area contributed by atoms with E-state index in [-0.39, 0.29) is 9.90 Å². The fraction of sp³-hybridized carbons (Fsp3) is 0. The van der Waals surface area contributed by atoms with Gasteiger partial charge in [-0.15, -0.1) is 0 Å². The third-order valence-corrected chi connectivity index (χ3v) is 0. The minimum Gasteiger partial charge on any atom is -0.286 e. The summed E-state index contributed by atoms with van der Waals surface area (Å²) in [6.45, 7) is 0. The molecule has 0 aliphatic rings. The largest absolute Gasteiger partial charge is 0.286 e. The molecule has 0 amide bonds. The lowest BCUT2D eigenvalue weighted by Crippen LogP contribution is -4.29. The molecular formula is H4IO4P. The highest BCUT2D eigenvalue weighted by molar-refractivity contribution is 6.92. The smallest absolute Gasteiger partial charge is 0.144 e. The lowest BCUT2D eigenvalue weighted by Gasteiger charge is -2.08. The maximum Gasteiger partial charge on any atom is 0.144 e. The number of hydrogen-bond donors (Lipinski definition) is 0.